The van der Waals surface area contributed by atoms with Crippen LogP contribution in [0.25, 0.3) is 21.8 Å². The van der Waals surface area contributed by atoms with Crippen molar-refractivity contribution in [3.63, 3.8) is 0 Å². The van der Waals surface area contributed by atoms with E-state index >= 15 is 0 Å². The van der Waals surface area contributed by atoms with Crippen LogP contribution in [-0.2, 0) is 6.54 Å². The Balaban J connectivity index is 1.63. The van der Waals surface area contributed by atoms with Gasteiger partial charge < -0.3 is 4.57 Å². The van der Waals surface area contributed by atoms with Gasteiger partial charge in [-0.1, -0.05) is 48.2 Å². The van der Waals surface area contributed by atoms with Crippen LogP contribution in [0.1, 0.15) is 22.6 Å². The maximum Gasteiger partial charge on any atom is 0.175 e. The van der Waals surface area contributed by atoms with Crippen molar-refractivity contribution in [1.82, 2.24) is 14.5 Å². The van der Waals surface area contributed by atoms with Crippen molar-refractivity contribution in [2.24, 2.45) is 0 Å². The number of Topliss-reactive ketones (excluding diaryl/α,β-unsaturated/α-hetero) is 1. The number of aromatic nitrogens is 3. The molecule has 138 valence electrons. The first-order valence-corrected chi connectivity index (χ1v) is 10.00. The van der Waals surface area contributed by atoms with E-state index in [1.54, 1.807) is 0 Å². The number of rotatable bonds is 6. The molecule has 0 radical (unpaired) electrons. The zero-order chi connectivity index (χ0) is 19.5. The summed E-state index contributed by atoms with van der Waals surface area (Å²) in [5, 5.41) is 11.6. The molecule has 0 atom stereocenters. The molecule has 0 bridgehead atoms. The molecule has 2 heterocycles. The lowest BCUT2D eigenvalue weighted by Crippen LogP contribution is -2.03. The fourth-order valence-corrected chi connectivity index (χ4v) is 4.25. The van der Waals surface area contributed by atoms with Crippen LogP contribution in [0.5, 0.6) is 0 Å². The van der Waals surface area contributed by atoms with Crippen LogP contribution in [0.2, 0.25) is 0 Å². The topological polar surface area (TPSA) is 71.6 Å². The van der Waals surface area contributed by atoms with Gasteiger partial charge >= 0.3 is 0 Å². The first kappa shape index (κ1) is 18.2. The van der Waals surface area contributed by atoms with Crippen molar-refractivity contribution >= 4 is 39.4 Å². The minimum Gasteiger partial charge on any atom is -0.346 e. The molecule has 0 unspecified atom stereocenters. The SMILES string of the molecule is Cc1nc(SCC(=O)c2cn(CCC#N)c3ccccc23)c2ccccc2n1. The summed E-state index contributed by atoms with van der Waals surface area (Å²) in [6, 6.07) is 17.8. The number of nitriles is 1. The van der Waals surface area contributed by atoms with Crippen LogP contribution in [0.4, 0.5) is 0 Å². The summed E-state index contributed by atoms with van der Waals surface area (Å²) in [6.07, 6.45) is 2.28. The lowest BCUT2D eigenvalue weighted by atomic mass is 10.1. The molecule has 0 saturated heterocycles. The number of hydrogen-bond donors (Lipinski definition) is 0. The Hall–Kier alpha value is -3.17. The zero-order valence-electron chi connectivity index (χ0n) is 15.4. The van der Waals surface area contributed by atoms with Crippen molar-refractivity contribution < 1.29 is 4.79 Å². The highest BCUT2D eigenvalue weighted by molar-refractivity contribution is 8.00. The highest BCUT2D eigenvalue weighted by atomic mass is 32.2. The Morgan fingerprint density at radius 2 is 1.86 bits per heavy atom. The third-order valence-electron chi connectivity index (χ3n) is 4.57. The molecule has 0 N–H and O–H groups in total. The molecule has 0 spiro atoms. The summed E-state index contributed by atoms with van der Waals surface area (Å²) in [6.45, 7) is 2.44. The van der Waals surface area contributed by atoms with E-state index < -0.39 is 0 Å². The van der Waals surface area contributed by atoms with Gasteiger partial charge in [-0.15, -0.1) is 0 Å². The predicted molar refractivity (Wildman–Crippen MR) is 111 cm³/mol. The molecule has 0 aliphatic rings. The average Bonchev–Trinajstić information content (AvgIpc) is 3.09. The molecule has 0 aliphatic carbocycles. The summed E-state index contributed by atoms with van der Waals surface area (Å²) in [4.78, 5) is 22.0. The van der Waals surface area contributed by atoms with E-state index in [0.717, 1.165) is 26.8 Å². The van der Waals surface area contributed by atoms with Gasteiger partial charge in [-0.2, -0.15) is 5.26 Å². The number of carbonyl (C=O) groups excluding carboxylic acids is 1. The number of aryl methyl sites for hydroxylation is 2. The fourth-order valence-electron chi connectivity index (χ4n) is 3.30. The highest BCUT2D eigenvalue weighted by Crippen LogP contribution is 2.28. The number of hydrogen-bond acceptors (Lipinski definition) is 5. The molecule has 0 amide bonds. The van der Waals surface area contributed by atoms with Gasteiger partial charge in [-0.25, -0.2) is 9.97 Å². The van der Waals surface area contributed by atoms with Crippen molar-refractivity contribution in [3.8, 4) is 6.07 Å². The van der Waals surface area contributed by atoms with Gasteiger partial charge in [0.25, 0.3) is 0 Å². The predicted octanol–water partition coefficient (Wildman–Crippen LogP) is 4.78. The van der Waals surface area contributed by atoms with Gasteiger partial charge in [0.05, 0.1) is 23.8 Å². The van der Waals surface area contributed by atoms with E-state index in [1.807, 2.05) is 66.2 Å². The van der Waals surface area contributed by atoms with Crippen LogP contribution in [0.3, 0.4) is 0 Å². The number of thioether (sulfide) groups is 1. The van der Waals surface area contributed by atoms with Gasteiger partial charge in [0.15, 0.2) is 5.78 Å². The minimum absolute atomic E-state index is 0.0530. The zero-order valence-corrected chi connectivity index (χ0v) is 16.2. The average molecular weight is 386 g/mol. The Kier molecular flexibility index (Phi) is 5.09. The summed E-state index contributed by atoms with van der Waals surface area (Å²) < 4.78 is 1.99. The summed E-state index contributed by atoms with van der Waals surface area (Å²) >= 11 is 1.44. The monoisotopic (exact) mass is 386 g/mol. The normalized spacial score (nSPS) is 11.0. The molecule has 0 saturated carbocycles. The molecule has 4 aromatic rings. The van der Waals surface area contributed by atoms with E-state index in [-0.39, 0.29) is 5.78 Å². The van der Waals surface area contributed by atoms with Gasteiger partial charge in [-0.05, 0) is 19.1 Å². The van der Waals surface area contributed by atoms with Crippen molar-refractivity contribution in [2.75, 3.05) is 5.75 Å². The number of para-hydroxylation sites is 2. The van der Waals surface area contributed by atoms with Crippen molar-refractivity contribution in [2.45, 2.75) is 24.9 Å². The lowest BCUT2D eigenvalue weighted by Gasteiger charge is -2.06. The largest absolute Gasteiger partial charge is 0.346 e. The van der Waals surface area contributed by atoms with Crippen LogP contribution in [-0.4, -0.2) is 26.1 Å². The number of ketones is 1. The van der Waals surface area contributed by atoms with Crippen LogP contribution in [0.15, 0.2) is 59.8 Å². The molecule has 4 rings (SSSR count). The van der Waals surface area contributed by atoms with Gasteiger partial charge in [0.2, 0.25) is 0 Å². The highest BCUT2D eigenvalue weighted by Gasteiger charge is 2.16. The first-order chi connectivity index (χ1) is 13.7. The molecule has 6 heteroatoms. The van der Waals surface area contributed by atoms with Gasteiger partial charge in [-0.3, -0.25) is 4.79 Å². The molecule has 0 fully saturated rings. The molecular formula is C22H18N4OS. The van der Waals surface area contributed by atoms with Crippen LogP contribution in [0, 0.1) is 18.3 Å². The van der Waals surface area contributed by atoms with Gasteiger partial charge in [0, 0.05) is 34.6 Å². The summed E-state index contributed by atoms with van der Waals surface area (Å²) in [7, 11) is 0. The lowest BCUT2D eigenvalue weighted by molar-refractivity contribution is 0.102. The first-order valence-electron chi connectivity index (χ1n) is 9.01. The number of benzene rings is 2. The number of carbonyl (C=O) groups is 1. The van der Waals surface area contributed by atoms with Crippen LogP contribution < -0.4 is 0 Å². The van der Waals surface area contributed by atoms with E-state index in [4.69, 9.17) is 5.26 Å². The fraction of sp³-hybridized carbons (Fsp3) is 0.182. The van der Waals surface area contributed by atoms with E-state index in [9.17, 15) is 4.79 Å². The Labute approximate surface area is 167 Å². The molecule has 2 aromatic carbocycles. The third kappa shape index (κ3) is 3.49. The summed E-state index contributed by atoms with van der Waals surface area (Å²) in [5.41, 5.74) is 2.56. The maximum absolute atomic E-state index is 13.0. The smallest absolute Gasteiger partial charge is 0.175 e. The summed E-state index contributed by atoms with van der Waals surface area (Å²) in [5.74, 6) is 1.05. The molecule has 5 nitrogen and oxygen atoms in total. The van der Waals surface area contributed by atoms with Crippen molar-refractivity contribution in [3.05, 3.63) is 66.1 Å². The van der Waals surface area contributed by atoms with Crippen LogP contribution >= 0.6 is 11.8 Å². The van der Waals surface area contributed by atoms with Gasteiger partial charge in [0.1, 0.15) is 10.9 Å². The standard InChI is InChI=1S/C22H18N4OS/c1-15-24-19-9-4-2-8-17(19)22(25-15)28-14-21(27)18-13-26(12-6-11-23)20-10-5-3-7-16(18)20/h2-5,7-10,13H,6,12,14H2,1H3. The second kappa shape index (κ2) is 7.83. The van der Waals surface area contributed by atoms with E-state index in [1.165, 1.54) is 11.8 Å². The maximum atomic E-state index is 13.0. The second-order valence-electron chi connectivity index (χ2n) is 6.47. The number of nitrogens with zero attached hydrogens (tertiary/aromatic N) is 4. The van der Waals surface area contributed by atoms with E-state index in [0.29, 0.717) is 30.1 Å². The van der Waals surface area contributed by atoms with E-state index in [2.05, 4.69) is 16.0 Å². The minimum atomic E-state index is 0.0530. The second-order valence-corrected chi connectivity index (χ2v) is 7.43. The number of fused-ring (bicyclic) bond motifs is 2. The molecule has 0 aliphatic heterocycles. The molecular weight excluding hydrogens is 368 g/mol. The Bertz CT molecular complexity index is 1220. The Morgan fingerprint density at radius 1 is 1.11 bits per heavy atom. The van der Waals surface area contributed by atoms with Crippen molar-refractivity contribution in [1.29, 1.82) is 5.26 Å². The Morgan fingerprint density at radius 3 is 2.68 bits per heavy atom. The molecule has 28 heavy (non-hydrogen) atoms. The third-order valence-corrected chi connectivity index (χ3v) is 5.56. The molecule has 2 aromatic heterocycles. The quantitative estimate of drug-likeness (QED) is 0.271.